The summed E-state index contributed by atoms with van der Waals surface area (Å²) < 4.78 is 0. The highest BCUT2D eigenvalue weighted by Gasteiger charge is 2.34. The molecule has 2 N–H and O–H groups in total. The molecule has 0 aromatic carbocycles. The second-order valence-corrected chi connectivity index (χ2v) is 7.31. The van der Waals surface area contributed by atoms with E-state index in [2.05, 4.69) is 22.1 Å². The van der Waals surface area contributed by atoms with Gasteiger partial charge in [0.1, 0.15) is 0 Å². The van der Waals surface area contributed by atoms with Gasteiger partial charge in [0.05, 0.1) is 5.92 Å². The Balaban J connectivity index is 1.44. The number of hydrogen-bond donors (Lipinski definition) is 2. The van der Waals surface area contributed by atoms with E-state index in [0.717, 1.165) is 64.7 Å². The van der Waals surface area contributed by atoms with Gasteiger partial charge in [-0.3, -0.25) is 9.69 Å². The van der Waals surface area contributed by atoms with Crippen LogP contribution in [-0.2, 0) is 4.79 Å². The number of amides is 3. The average Bonchev–Trinajstić information content (AvgIpc) is 3.44. The highest BCUT2D eigenvalue weighted by atomic mass is 16.2. The predicted molar refractivity (Wildman–Crippen MR) is 93.7 cm³/mol. The van der Waals surface area contributed by atoms with E-state index in [1.165, 1.54) is 0 Å². The smallest absolute Gasteiger partial charge is 0.317 e. The van der Waals surface area contributed by atoms with Gasteiger partial charge in [0.2, 0.25) is 5.91 Å². The maximum atomic E-state index is 12.3. The van der Waals surface area contributed by atoms with Crippen LogP contribution in [0.5, 0.6) is 0 Å². The minimum absolute atomic E-state index is 0.00804. The van der Waals surface area contributed by atoms with Crippen molar-refractivity contribution in [1.82, 2.24) is 20.4 Å². The molecule has 6 heteroatoms. The summed E-state index contributed by atoms with van der Waals surface area (Å²) in [5.41, 5.74) is 0. The lowest BCUT2D eigenvalue weighted by molar-refractivity contribution is -0.127. The van der Waals surface area contributed by atoms with E-state index in [1.807, 2.05) is 4.90 Å². The van der Waals surface area contributed by atoms with Gasteiger partial charge >= 0.3 is 6.03 Å². The summed E-state index contributed by atoms with van der Waals surface area (Å²) in [4.78, 5) is 28.7. The molecule has 6 nitrogen and oxygen atoms in total. The molecule has 3 amide bonds. The average molecular weight is 334 g/mol. The van der Waals surface area contributed by atoms with Crippen LogP contribution in [0.15, 0.2) is 12.7 Å². The summed E-state index contributed by atoms with van der Waals surface area (Å²) in [5, 5.41) is 6.00. The Bertz CT molecular complexity index is 470. The van der Waals surface area contributed by atoms with Crippen molar-refractivity contribution in [3.05, 3.63) is 12.7 Å². The van der Waals surface area contributed by atoms with Crippen LogP contribution in [0.1, 0.15) is 38.5 Å². The van der Waals surface area contributed by atoms with Gasteiger partial charge in [-0.15, -0.1) is 6.58 Å². The molecule has 0 radical (unpaired) electrons. The molecule has 2 saturated heterocycles. The summed E-state index contributed by atoms with van der Waals surface area (Å²) in [6.07, 6.45) is 8.10. The Labute approximate surface area is 144 Å². The fraction of sp³-hybridized carbons (Fsp3) is 0.778. The molecule has 3 aliphatic rings. The third-order valence-electron chi connectivity index (χ3n) is 5.41. The molecule has 0 unspecified atom stereocenters. The van der Waals surface area contributed by atoms with Crippen LogP contribution in [-0.4, -0.2) is 66.5 Å². The molecule has 0 aromatic rings. The summed E-state index contributed by atoms with van der Waals surface area (Å²) in [5.74, 6) is 0.400. The molecule has 0 bridgehead atoms. The predicted octanol–water partition coefficient (Wildman–Crippen LogP) is 1.34. The Morgan fingerprint density at radius 3 is 2.50 bits per heavy atom. The summed E-state index contributed by atoms with van der Waals surface area (Å²) >= 11 is 0. The van der Waals surface area contributed by atoms with Crippen LogP contribution in [0.2, 0.25) is 0 Å². The van der Waals surface area contributed by atoms with Crippen LogP contribution in [0.4, 0.5) is 4.79 Å². The minimum Gasteiger partial charge on any atom is -0.353 e. The molecule has 1 aliphatic carbocycles. The van der Waals surface area contributed by atoms with E-state index < -0.39 is 0 Å². The minimum atomic E-state index is 0.00804. The quantitative estimate of drug-likeness (QED) is 0.746. The summed E-state index contributed by atoms with van der Waals surface area (Å²) in [7, 11) is 0. The van der Waals surface area contributed by atoms with Crippen molar-refractivity contribution >= 4 is 11.9 Å². The summed E-state index contributed by atoms with van der Waals surface area (Å²) in [6, 6.07) is 0.962. The molecule has 3 fully saturated rings. The Morgan fingerprint density at radius 1 is 1.08 bits per heavy atom. The number of hydrogen-bond acceptors (Lipinski definition) is 3. The number of carbonyl (C=O) groups is 2. The maximum absolute atomic E-state index is 12.3. The fourth-order valence-electron chi connectivity index (χ4n) is 3.80. The molecule has 3 rings (SSSR count). The zero-order chi connectivity index (χ0) is 16.9. The van der Waals surface area contributed by atoms with Gasteiger partial charge in [-0.05, 0) is 45.1 Å². The van der Waals surface area contributed by atoms with Crippen molar-refractivity contribution in [2.24, 2.45) is 5.92 Å². The first-order valence-corrected chi connectivity index (χ1v) is 9.35. The van der Waals surface area contributed by atoms with E-state index in [1.54, 1.807) is 6.08 Å². The van der Waals surface area contributed by atoms with E-state index in [0.29, 0.717) is 18.6 Å². The first-order valence-electron chi connectivity index (χ1n) is 9.35. The second-order valence-electron chi connectivity index (χ2n) is 7.31. The van der Waals surface area contributed by atoms with Gasteiger partial charge in [0.15, 0.2) is 0 Å². The van der Waals surface area contributed by atoms with Gasteiger partial charge in [0.25, 0.3) is 0 Å². The normalized spacial score (nSPS) is 26.0. The lowest BCUT2D eigenvalue weighted by Crippen LogP contribution is -2.53. The number of piperidine rings is 2. The Hall–Kier alpha value is -1.56. The molecule has 134 valence electrons. The van der Waals surface area contributed by atoms with Crippen LogP contribution < -0.4 is 10.6 Å². The highest BCUT2D eigenvalue weighted by Crippen LogP contribution is 2.25. The van der Waals surface area contributed by atoms with Crippen molar-refractivity contribution in [3.63, 3.8) is 0 Å². The zero-order valence-electron chi connectivity index (χ0n) is 14.5. The van der Waals surface area contributed by atoms with Crippen molar-refractivity contribution in [1.29, 1.82) is 0 Å². The second kappa shape index (κ2) is 8.01. The standard InChI is InChI=1S/C18H30N4O2/c1-2-9-19-18(24)21-11-7-16(8-12-21)22-10-3-4-14(13-22)17(23)20-15-5-6-15/h2,14-16H,1,3-13H2,(H,19,24)(H,20,23)/t14-/m1/s1. The van der Waals surface area contributed by atoms with E-state index in [9.17, 15) is 9.59 Å². The highest BCUT2D eigenvalue weighted by molar-refractivity contribution is 5.79. The third kappa shape index (κ3) is 4.50. The fourth-order valence-corrected chi connectivity index (χ4v) is 3.80. The molecule has 24 heavy (non-hydrogen) atoms. The van der Waals surface area contributed by atoms with E-state index >= 15 is 0 Å². The number of nitrogens with one attached hydrogen (secondary N) is 2. The summed E-state index contributed by atoms with van der Waals surface area (Å²) in [6.45, 7) is 7.69. The number of carbonyl (C=O) groups excluding carboxylic acids is 2. The molecule has 0 aromatic heterocycles. The molecule has 1 saturated carbocycles. The van der Waals surface area contributed by atoms with Crippen molar-refractivity contribution in [3.8, 4) is 0 Å². The number of rotatable bonds is 5. The first-order chi connectivity index (χ1) is 11.7. The van der Waals surface area contributed by atoms with Crippen molar-refractivity contribution < 1.29 is 9.59 Å². The SMILES string of the molecule is C=CCNC(=O)N1CCC(N2CCC[C@@H](C(=O)NC3CC3)C2)CC1. The van der Waals surface area contributed by atoms with Crippen molar-refractivity contribution in [2.45, 2.75) is 50.6 Å². The van der Waals surface area contributed by atoms with Crippen molar-refractivity contribution in [2.75, 3.05) is 32.7 Å². The number of urea groups is 1. The Kier molecular flexibility index (Phi) is 5.76. The largest absolute Gasteiger partial charge is 0.353 e. The van der Waals surface area contributed by atoms with Crippen LogP contribution in [0, 0.1) is 5.92 Å². The molecule has 1 atom stereocenters. The molecular formula is C18H30N4O2. The lowest BCUT2D eigenvalue weighted by Gasteiger charge is -2.42. The van der Waals surface area contributed by atoms with Crippen LogP contribution in [0.25, 0.3) is 0 Å². The van der Waals surface area contributed by atoms with Crippen LogP contribution in [0.3, 0.4) is 0 Å². The van der Waals surface area contributed by atoms with Gasteiger partial charge in [-0.25, -0.2) is 4.79 Å². The molecule has 2 aliphatic heterocycles. The van der Waals surface area contributed by atoms with E-state index in [-0.39, 0.29) is 17.9 Å². The van der Waals surface area contributed by atoms with Gasteiger partial charge in [-0.1, -0.05) is 6.08 Å². The monoisotopic (exact) mass is 334 g/mol. The zero-order valence-corrected chi connectivity index (χ0v) is 14.5. The molecular weight excluding hydrogens is 304 g/mol. The molecule has 0 spiro atoms. The maximum Gasteiger partial charge on any atom is 0.317 e. The lowest BCUT2D eigenvalue weighted by atomic mass is 9.93. The van der Waals surface area contributed by atoms with Crippen LogP contribution >= 0.6 is 0 Å². The first kappa shape index (κ1) is 17.3. The third-order valence-corrected chi connectivity index (χ3v) is 5.41. The van der Waals surface area contributed by atoms with E-state index in [4.69, 9.17) is 0 Å². The van der Waals surface area contributed by atoms with Gasteiger partial charge < -0.3 is 15.5 Å². The Morgan fingerprint density at radius 2 is 1.83 bits per heavy atom. The topological polar surface area (TPSA) is 64.7 Å². The van der Waals surface area contributed by atoms with Gasteiger partial charge in [-0.2, -0.15) is 0 Å². The van der Waals surface area contributed by atoms with Gasteiger partial charge in [0, 0.05) is 38.3 Å². The number of nitrogens with zero attached hydrogens (tertiary/aromatic N) is 2. The number of likely N-dealkylation sites (tertiary alicyclic amines) is 2. The molecule has 2 heterocycles.